The Kier molecular flexibility index (Phi) is 9.81. The van der Waals surface area contributed by atoms with Crippen LogP contribution >= 0.6 is 23.4 Å². The van der Waals surface area contributed by atoms with Crippen LogP contribution < -0.4 is 19.5 Å². The van der Waals surface area contributed by atoms with Crippen LogP contribution in [-0.2, 0) is 19.1 Å². The Morgan fingerprint density at radius 1 is 1.08 bits per heavy atom. The van der Waals surface area contributed by atoms with Crippen LogP contribution in [0.2, 0.25) is 5.02 Å². The van der Waals surface area contributed by atoms with Crippen molar-refractivity contribution in [1.29, 1.82) is 0 Å². The second-order valence-corrected chi connectivity index (χ2v) is 8.80. The number of ether oxygens (including phenoxy) is 4. The summed E-state index contributed by atoms with van der Waals surface area (Å²) in [5.41, 5.74) is 0.956. The lowest BCUT2D eigenvalue weighted by molar-refractivity contribution is -0.145. The van der Waals surface area contributed by atoms with Gasteiger partial charge in [-0.15, -0.1) is 0 Å². The van der Waals surface area contributed by atoms with E-state index in [0.29, 0.717) is 35.4 Å². The number of hydrogen-bond acceptors (Lipinski definition) is 9. The predicted octanol–water partition coefficient (Wildman–Crippen LogP) is 4.36. The topological polar surface area (TPSA) is 120 Å². The minimum atomic E-state index is -0.616. The zero-order chi connectivity index (χ0) is 26.9. The molecule has 1 aliphatic heterocycles. The maximum absolute atomic E-state index is 12.8. The fourth-order valence-corrected chi connectivity index (χ4v) is 4.34. The lowest BCUT2D eigenvalue weighted by Gasteiger charge is -2.13. The molecule has 1 saturated heterocycles. The molecule has 12 heteroatoms. The number of carbonyl (C=O) groups is 4. The number of nitrogens with one attached hydrogen (secondary N) is 1. The van der Waals surface area contributed by atoms with Crippen LogP contribution in [0.4, 0.5) is 10.5 Å². The Morgan fingerprint density at radius 3 is 2.46 bits per heavy atom. The van der Waals surface area contributed by atoms with E-state index in [0.717, 1.165) is 4.90 Å². The normalized spacial score (nSPS) is 14.1. The van der Waals surface area contributed by atoms with Crippen molar-refractivity contribution in [3.63, 3.8) is 0 Å². The molecule has 10 nitrogen and oxygen atoms in total. The lowest BCUT2D eigenvalue weighted by atomic mass is 10.1. The van der Waals surface area contributed by atoms with Crippen LogP contribution in [-0.4, -0.2) is 61.4 Å². The molecule has 1 N–H and O–H groups in total. The van der Waals surface area contributed by atoms with Gasteiger partial charge in [-0.1, -0.05) is 11.6 Å². The van der Waals surface area contributed by atoms with E-state index in [1.807, 2.05) is 6.92 Å². The highest BCUT2D eigenvalue weighted by Crippen LogP contribution is 2.39. The van der Waals surface area contributed by atoms with Crippen molar-refractivity contribution in [2.45, 2.75) is 13.8 Å². The average Bonchev–Trinajstić information content (AvgIpc) is 3.11. The van der Waals surface area contributed by atoms with E-state index in [1.165, 1.54) is 19.3 Å². The van der Waals surface area contributed by atoms with Gasteiger partial charge >= 0.3 is 5.97 Å². The standard InChI is InChI=1S/C25H25ClN2O8S/c1-4-34-17-8-6-16(7-9-17)27-21(29)13-28-24(31)20(37-25(28)32)12-15-10-18(26)23(19(11-15)33-3)36-14-22(30)35-5-2/h6-12H,4-5,13-14H2,1-3H3,(H,27,29)/b20-12+. The molecule has 0 bridgehead atoms. The number of thioether (sulfide) groups is 1. The lowest BCUT2D eigenvalue weighted by Crippen LogP contribution is -2.36. The number of halogens is 1. The largest absolute Gasteiger partial charge is 0.494 e. The van der Waals surface area contributed by atoms with Gasteiger partial charge in [-0.25, -0.2) is 4.79 Å². The maximum atomic E-state index is 12.8. The quantitative estimate of drug-likeness (QED) is 0.322. The first-order valence-electron chi connectivity index (χ1n) is 11.2. The highest BCUT2D eigenvalue weighted by Gasteiger charge is 2.36. The van der Waals surface area contributed by atoms with Crippen molar-refractivity contribution < 1.29 is 38.1 Å². The van der Waals surface area contributed by atoms with Gasteiger partial charge in [0.2, 0.25) is 5.91 Å². The van der Waals surface area contributed by atoms with Gasteiger partial charge in [0, 0.05) is 5.69 Å². The molecule has 0 unspecified atom stereocenters. The van der Waals surface area contributed by atoms with E-state index in [4.69, 9.17) is 30.5 Å². The van der Waals surface area contributed by atoms with Crippen LogP contribution in [0.25, 0.3) is 6.08 Å². The number of benzene rings is 2. The summed E-state index contributed by atoms with van der Waals surface area (Å²) in [6, 6.07) is 9.76. The van der Waals surface area contributed by atoms with E-state index < -0.39 is 29.6 Å². The SMILES string of the molecule is CCOC(=O)COc1c(Cl)cc(/C=C2/SC(=O)N(CC(=O)Nc3ccc(OCC)cc3)C2=O)cc1OC. The zero-order valence-electron chi connectivity index (χ0n) is 20.4. The third-order valence-corrected chi connectivity index (χ3v) is 6.00. The van der Waals surface area contributed by atoms with Crippen molar-refractivity contribution in [3.05, 3.63) is 51.9 Å². The van der Waals surface area contributed by atoms with Gasteiger partial charge in [-0.3, -0.25) is 19.3 Å². The highest BCUT2D eigenvalue weighted by molar-refractivity contribution is 8.18. The van der Waals surface area contributed by atoms with Crippen LogP contribution in [0, 0.1) is 0 Å². The van der Waals surface area contributed by atoms with Crippen molar-refractivity contribution in [2.24, 2.45) is 0 Å². The van der Waals surface area contributed by atoms with Crippen molar-refractivity contribution in [3.8, 4) is 17.2 Å². The van der Waals surface area contributed by atoms with Gasteiger partial charge in [-0.2, -0.15) is 0 Å². The number of carbonyl (C=O) groups excluding carboxylic acids is 4. The van der Waals surface area contributed by atoms with Gasteiger partial charge in [-0.05, 0) is 73.6 Å². The summed E-state index contributed by atoms with van der Waals surface area (Å²) in [6.07, 6.45) is 1.46. The summed E-state index contributed by atoms with van der Waals surface area (Å²) < 4.78 is 20.9. The van der Waals surface area contributed by atoms with Gasteiger partial charge in [0.05, 0.1) is 30.3 Å². The Labute approximate surface area is 222 Å². The molecule has 3 rings (SSSR count). The van der Waals surface area contributed by atoms with Crippen LogP contribution in [0.5, 0.6) is 17.2 Å². The van der Waals surface area contributed by atoms with Gasteiger partial charge < -0.3 is 24.3 Å². The molecule has 0 saturated carbocycles. The van der Waals surface area contributed by atoms with Gasteiger partial charge in [0.1, 0.15) is 12.3 Å². The second-order valence-electron chi connectivity index (χ2n) is 7.40. The summed E-state index contributed by atoms with van der Waals surface area (Å²) in [4.78, 5) is 50.3. The van der Waals surface area contributed by atoms with Gasteiger partial charge in [0.15, 0.2) is 18.1 Å². The van der Waals surface area contributed by atoms with Crippen molar-refractivity contribution in [2.75, 3.05) is 38.8 Å². The molecule has 2 aromatic carbocycles. The van der Waals surface area contributed by atoms with E-state index >= 15 is 0 Å². The molecule has 196 valence electrons. The van der Waals surface area contributed by atoms with E-state index in [2.05, 4.69) is 5.32 Å². The molecular weight excluding hydrogens is 524 g/mol. The number of nitrogens with zero attached hydrogens (tertiary/aromatic N) is 1. The molecule has 1 heterocycles. The number of amides is 3. The number of rotatable bonds is 11. The minimum absolute atomic E-state index is 0.108. The summed E-state index contributed by atoms with van der Waals surface area (Å²) >= 11 is 7.01. The molecule has 0 radical (unpaired) electrons. The molecular formula is C25H25ClN2O8S. The molecule has 1 fully saturated rings. The predicted molar refractivity (Wildman–Crippen MR) is 139 cm³/mol. The first-order valence-corrected chi connectivity index (χ1v) is 12.4. The molecule has 2 aromatic rings. The molecule has 37 heavy (non-hydrogen) atoms. The van der Waals surface area contributed by atoms with Crippen LogP contribution in [0.1, 0.15) is 19.4 Å². The fourth-order valence-electron chi connectivity index (χ4n) is 3.23. The van der Waals surface area contributed by atoms with Crippen LogP contribution in [0.3, 0.4) is 0 Å². The van der Waals surface area contributed by atoms with E-state index in [9.17, 15) is 19.2 Å². The number of hydrogen-bond donors (Lipinski definition) is 1. The number of imide groups is 1. The first-order chi connectivity index (χ1) is 17.7. The Hall–Kier alpha value is -3.70. The summed E-state index contributed by atoms with van der Waals surface area (Å²) in [5, 5.41) is 2.20. The van der Waals surface area contributed by atoms with Crippen LogP contribution in [0.15, 0.2) is 41.3 Å². The fraction of sp³-hybridized carbons (Fsp3) is 0.280. The summed E-state index contributed by atoms with van der Waals surface area (Å²) in [7, 11) is 1.39. The Morgan fingerprint density at radius 2 is 1.81 bits per heavy atom. The zero-order valence-corrected chi connectivity index (χ0v) is 21.9. The van der Waals surface area contributed by atoms with Crippen molar-refractivity contribution >= 4 is 58.1 Å². The summed E-state index contributed by atoms with van der Waals surface area (Å²) in [5.74, 6) is -0.697. The minimum Gasteiger partial charge on any atom is -0.494 e. The second kappa shape index (κ2) is 13.0. The smallest absolute Gasteiger partial charge is 0.344 e. The maximum Gasteiger partial charge on any atom is 0.344 e. The molecule has 0 spiro atoms. The average molecular weight is 549 g/mol. The molecule has 0 aliphatic carbocycles. The highest BCUT2D eigenvalue weighted by atomic mass is 35.5. The Balaban J connectivity index is 1.69. The monoisotopic (exact) mass is 548 g/mol. The summed E-state index contributed by atoms with van der Waals surface area (Å²) in [6.45, 7) is 3.47. The number of esters is 1. The Bertz CT molecular complexity index is 1220. The van der Waals surface area contributed by atoms with E-state index in [-0.39, 0.29) is 34.6 Å². The molecule has 0 aromatic heterocycles. The molecule has 3 amide bonds. The van der Waals surface area contributed by atoms with Gasteiger partial charge in [0.25, 0.3) is 11.1 Å². The number of anilines is 1. The third-order valence-electron chi connectivity index (χ3n) is 4.81. The number of methoxy groups -OCH3 is 1. The third kappa shape index (κ3) is 7.40. The van der Waals surface area contributed by atoms with E-state index in [1.54, 1.807) is 37.3 Å². The molecule has 0 atom stereocenters. The molecule has 1 aliphatic rings. The first kappa shape index (κ1) is 27.9. The van der Waals surface area contributed by atoms with Crippen molar-refractivity contribution in [1.82, 2.24) is 4.90 Å².